The predicted octanol–water partition coefficient (Wildman–Crippen LogP) is 1.72. The first-order valence-corrected chi connectivity index (χ1v) is 4.86. The summed E-state index contributed by atoms with van der Waals surface area (Å²) in [5.41, 5.74) is 9.44. The molecule has 3 N–H and O–H groups in total. The van der Waals surface area contributed by atoms with Gasteiger partial charge in [0.05, 0.1) is 5.69 Å². The Morgan fingerprint density at radius 2 is 1.79 bits per heavy atom. The second-order valence-corrected chi connectivity index (χ2v) is 3.50. The first kappa shape index (κ1) is 10.8. The van der Waals surface area contributed by atoms with Crippen LogP contribution in [0.2, 0.25) is 0 Å². The van der Waals surface area contributed by atoms with E-state index in [2.05, 4.69) is 42.1 Å². The second kappa shape index (κ2) is 4.81. The molecule has 0 radical (unpaired) electrons. The number of para-hydroxylation sites is 1. The number of anilines is 1. The van der Waals surface area contributed by atoms with Crippen molar-refractivity contribution in [2.24, 2.45) is 0 Å². The molecule has 1 rings (SSSR count). The van der Waals surface area contributed by atoms with Crippen molar-refractivity contribution in [3.8, 4) is 0 Å². The Labute approximate surface area is 89.9 Å². The largest absolute Gasteiger partial charge is 0.364 e. The summed E-state index contributed by atoms with van der Waals surface area (Å²) in [5, 5.41) is 3.41. The number of hydrogen-bond donors (Lipinski definition) is 3. The highest BCUT2D eigenvalue weighted by atomic mass is 32.1. The average molecular weight is 209 g/mol. The zero-order chi connectivity index (χ0) is 10.6. The molecule has 1 aromatic rings. The number of hydrazine groups is 1. The van der Waals surface area contributed by atoms with Crippen molar-refractivity contribution in [2.75, 3.05) is 12.5 Å². The van der Waals surface area contributed by atoms with Gasteiger partial charge in [-0.2, -0.15) is 0 Å². The number of hydrogen-bond acceptors (Lipinski definition) is 2. The normalized spacial score (nSPS) is 9.36. The van der Waals surface area contributed by atoms with Gasteiger partial charge in [0, 0.05) is 7.05 Å². The molecule has 0 saturated carbocycles. The summed E-state index contributed by atoms with van der Waals surface area (Å²) in [5.74, 6) is 0. The van der Waals surface area contributed by atoms with Crippen LogP contribution in [0.1, 0.15) is 11.1 Å². The monoisotopic (exact) mass is 209 g/mol. The molecule has 0 aromatic heterocycles. The van der Waals surface area contributed by atoms with E-state index in [4.69, 9.17) is 12.2 Å². The predicted molar refractivity (Wildman–Crippen MR) is 64.3 cm³/mol. The molecule has 76 valence electrons. The summed E-state index contributed by atoms with van der Waals surface area (Å²) in [6, 6.07) is 6.14. The van der Waals surface area contributed by atoms with Crippen LogP contribution in [0, 0.1) is 13.8 Å². The van der Waals surface area contributed by atoms with Gasteiger partial charge in [0.25, 0.3) is 0 Å². The lowest BCUT2D eigenvalue weighted by atomic mass is 10.1. The minimum Gasteiger partial charge on any atom is -0.364 e. The molecular formula is C10H15N3S. The molecule has 0 atom stereocenters. The van der Waals surface area contributed by atoms with Gasteiger partial charge in [-0.3, -0.25) is 10.9 Å². The summed E-state index contributed by atoms with van der Waals surface area (Å²) in [6.07, 6.45) is 0. The van der Waals surface area contributed by atoms with Crippen LogP contribution in [0.3, 0.4) is 0 Å². The zero-order valence-electron chi connectivity index (χ0n) is 8.64. The minimum absolute atomic E-state index is 0.577. The van der Waals surface area contributed by atoms with E-state index >= 15 is 0 Å². The minimum atomic E-state index is 0.577. The van der Waals surface area contributed by atoms with Crippen molar-refractivity contribution >= 4 is 23.0 Å². The zero-order valence-corrected chi connectivity index (χ0v) is 9.46. The lowest BCUT2D eigenvalue weighted by molar-refractivity contribution is 1.03. The van der Waals surface area contributed by atoms with Crippen molar-refractivity contribution < 1.29 is 0 Å². The van der Waals surface area contributed by atoms with Crippen molar-refractivity contribution in [1.29, 1.82) is 0 Å². The number of nitrogens with one attached hydrogen (secondary N) is 3. The van der Waals surface area contributed by atoms with Crippen LogP contribution in [-0.2, 0) is 0 Å². The molecule has 4 heteroatoms. The summed E-state index contributed by atoms with van der Waals surface area (Å²) in [4.78, 5) is 0. The third-order valence-corrected chi connectivity index (χ3v) is 2.32. The van der Waals surface area contributed by atoms with Crippen LogP contribution < -0.4 is 16.2 Å². The Morgan fingerprint density at radius 1 is 1.21 bits per heavy atom. The number of thiocarbonyl (C=S) groups is 1. The Kier molecular flexibility index (Phi) is 3.71. The van der Waals surface area contributed by atoms with E-state index in [1.165, 1.54) is 11.1 Å². The van der Waals surface area contributed by atoms with Crippen LogP contribution >= 0.6 is 12.2 Å². The summed E-state index contributed by atoms with van der Waals surface area (Å²) >= 11 is 4.96. The second-order valence-electron chi connectivity index (χ2n) is 3.10. The van der Waals surface area contributed by atoms with Gasteiger partial charge in [-0.1, -0.05) is 18.2 Å². The van der Waals surface area contributed by atoms with Crippen molar-refractivity contribution in [2.45, 2.75) is 13.8 Å². The fourth-order valence-electron chi connectivity index (χ4n) is 1.19. The summed E-state index contributed by atoms with van der Waals surface area (Å²) in [6.45, 7) is 4.11. The van der Waals surface area contributed by atoms with Gasteiger partial charge in [-0.05, 0) is 37.2 Å². The Balaban J connectivity index is 2.71. The molecule has 0 unspecified atom stereocenters. The third-order valence-electron chi connectivity index (χ3n) is 2.01. The highest BCUT2D eigenvalue weighted by Crippen LogP contribution is 2.17. The molecule has 0 amide bonds. The SMILES string of the molecule is CNC(=S)NNc1c(C)cccc1C. The lowest BCUT2D eigenvalue weighted by Gasteiger charge is -2.14. The van der Waals surface area contributed by atoms with Crippen LogP contribution in [-0.4, -0.2) is 12.2 Å². The number of benzene rings is 1. The van der Waals surface area contributed by atoms with Crippen LogP contribution in [0.25, 0.3) is 0 Å². The van der Waals surface area contributed by atoms with E-state index in [-0.39, 0.29) is 0 Å². The molecule has 0 aliphatic rings. The Hall–Kier alpha value is -1.29. The van der Waals surface area contributed by atoms with Gasteiger partial charge >= 0.3 is 0 Å². The number of rotatable bonds is 2. The average Bonchev–Trinajstić information content (AvgIpc) is 2.16. The van der Waals surface area contributed by atoms with E-state index < -0.39 is 0 Å². The fraction of sp³-hybridized carbons (Fsp3) is 0.300. The van der Waals surface area contributed by atoms with Crippen molar-refractivity contribution in [3.63, 3.8) is 0 Å². The maximum absolute atomic E-state index is 4.96. The molecule has 0 fully saturated rings. The Morgan fingerprint density at radius 3 is 2.29 bits per heavy atom. The maximum Gasteiger partial charge on any atom is 0.184 e. The van der Waals surface area contributed by atoms with Gasteiger partial charge in [-0.25, -0.2) is 0 Å². The van der Waals surface area contributed by atoms with Gasteiger partial charge in [0.15, 0.2) is 5.11 Å². The molecule has 0 saturated heterocycles. The van der Waals surface area contributed by atoms with E-state index in [9.17, 15) is 0 Å². The van der Waals surface area contributed by atoms with E-state index in [1.54, 1.807) is 7.05 Å². The standard InChI is InChI=1S/C10H15N3S/c1-7-5-4-6-8(2)9(7)12-13-10(14)11-3/h4-6,12H,1-3H3,(H2,11,13,14). The molecule has 0 heterocycles. The summed E-state index contributed by atoms with van der Waals surface area (Å²) < 4.78 is 0. The summed E-state index contributed by atoms with van der Waals surface area (Å²) in [7, 11) is 1.78. The van der Waals surface area contributed by atoms with Gasteiger partial charge in [0.2, 0.25) is 0 Å². The molecule has 1 aromatic carbocycles. The van der Waals surface area contributed by atoms with Gasteiger partial charge < -0.3 is 5.32 Å². The number of aryl methyl sites for hydroxylation is 2. The molecular weight excluding hydrogens is 194 g/mol. The van der Waals surface area contributed by atoms with Gasteiger partial charge in [0.1, 0.15) is 0 Å². The topological polar surface area (TPSA) is 36.1 Å². The third kappa shape index (κ3) is 2.60. The van der Waals surface area contributed by atoms with Crippen molar-refractivity contribution in [1.82, 2.24) is 10.7 Å². The first-order chi connectivity index (χ1) is 6.65. The molecule has 0 bridgehead atoms. The van der Waals surface area contributed by atoms with Crippen LogP contribution in [0.4, 0.5) is 5.69 Å². The molecule has 0 aliphatic heterocycles. The highest BCUT2D eigenvalue weighted by molar-refractivity contribution is 7.80. The van der Waals surface area contributed by atoms with E-state index in [1.807, 2.05) is 6.07 Å². The molecule has 3 nitrogen and oxygen atoms in total. The molecule has 0 aliphatic carbocycles. The maximum atomic E-state index is 4.96. The quantitative estimate of drug-likeness (QED) is 0.512. The van der Waals surface area contributed by atoms with E-state index in [0.29, 0.717) is 5.11 Å². The molecule has 0 spiro atoms. The smallest absolute Gasteiger partial charge is 0.184 e. The van der Waals surface area contributed by atoms with Gasteiger partial charge in [-0.15, -0.1) is 0 Å². The van der Waals surface area contributed by atoms with Crippen LogP contribution in [0.5, 0.6) is 0 Å². The van der Waals surface area contributed by atoms with Crippen molar-refractivity contribution in [3.05, 3.63) is 29.3 Å². The first-order valence-electron chi connectivity index (χ1n) is 4.45. The molecule has 14 heavy (non-hydrogen) atoms. The Bertz CT molecular complexity index is 316. The van der Waals surface area contributed by atoms with Crippen LogP contribution in [0.15, 0.2) is 18.2 Å². The lowest BCUT2D eigenvalue weighted by Crippen LogP contribution is -2.36. The highest BCUT2D eigenvalue weighted by Gasteiger charge is 2.00. The van der Waals surface area contributed by atoms with E-state index in [0.717, 1.165) is 5.69 Å². The fourth-order valence-corrected chi connectivity index (χ4v) is 1.24.